The molecule has 0 aromatic heterocycles. The van der Waals surface area contributed by atoms with E-state index < -0.39 is 0 Å². The van der Waals surface area contributed by atoms with Crippen LogP contribution in [-0.4, -0.2) is 24.6 Å². The van der Waals surface area contributed by atoms with Crippen LogP contribution in [0.1, 0.15) is 88.8 Å². The Balaban J connectivity index is 1.65. The summed E-state index contributed by atoms with van der Waals surface area (Å²) in [6.45, 7) is 22.9. The second kappa shape index (κ2) is 14.0. The van der Waals surface area contributed by atoms with Crippen LogP contribution < -0.4 is 10.6 Å². The molecule has 2 nitrogen and oxygen atoms in total. The second-order valence-corrected chi connectivity index (χ2v) is 14.2. The summed E-state index contributed by atoms with van der Waals surface area (Å²) in [5.74, 6) is 2.41. The largest absolute Gasteiger partial charge is 0.342 e. The summed E-state index contributed by atoms with van der Waals surface area (Å²) < 4.78 is 0. The van der Waals surface area contributed by atoms with E-state index in [9.17, 15) is 0 Å². The molecule has 2 aromatic rings. The molecule has 0 amide bonds. The normalized spacial score (nSPS) is 12.4. The Morgan fingerprint density at radius 2 is 0.941 bits per heavy atom. The molecule has 34 heavy (non-hydrogen) atoms. The van der Waals surface area contributed by atoms with Crippen molar-refractivity contribution in [2.45, 2.75) is 92.2 Å². The fourth-order valence-corrected chi connectivity index (χ4v) is 6.01. The van der Waals surface area contributed by atoms with E-state index in [4.69, 9.17) is 0 Å². The molecule has 0 atom stereocenters. The Morgan fingerprint density at radius 1 is 0.559 bits per heavy atom. The molecule has 4 N–H and O–H groups in total. The van der Waals surface area contributed by atoms with Crippen molar-refractivity contribution in [1.29, 1.82) is 0 Å². The van der Waals surface area contributed by atoms with Crippen molar-refractivity contribution in [1.82, 2.24) is 0 Å². The van der Waals surface area contributed by atoms with Gasteiger partial charge in [0, 0.05) is 11.1 Å². The maximum atomic E-state index is 2.47. The molecule has 4 heteroatoms. The molecule has 0 spiro atoms. The van der Waals surface area contributed by atoms with Gasteiger partial charge in [0.05, 0.1) is 24.6 Å². The third-order valence-electron chi connectivity index (χ3n) is 6.31. The quantitative estimate of drug-likeness (QED) is 0.275. The first-order valence-electron chi connectivity index (χ1n) is 13.2. The van der Waals surface area contributed by atoms with Crippen molar-refractivity contribution < 1.29 is 10.6 Å². The SMILES string of the molecule is CCc1cc(CC)cc(C[NH2+]CCSSCC[NH2+]Cc2cc(C(C)(C)C)cc(C(C)(C)C)c2)c1. The highest BCUT2D eigenvalue weighted by Gasteiger charge is 2.20. The zero-order valence-electron chi connectivity index (χ0n) is 23.1. The van der Waals surface area contributed by atoms with Crippen molar-refractivity contribution in [2.75, 3.05) is 24.6 Å². The second-order valence-electron chi connectivity index (χ2n) is 11.5. The van der Waals surface area contributed by atoms with Crippen LogP contribution in [0.3, 0.4) is 0 Å². The summed E-state index contributed by atoms with van der Waals surface area (Å²) in [5, 5.41) is 4.93. The number of nitrogens with two attached hydrogens (primary N) is 2. The van der Waals surface area contributed by atoms with Crippen molar-refractivity contribution in [3.8, 4) is 0 Å². The fourth-order valence-electron chi connectivity index (χ4n) is 3.96. The van der Waals surface area contributed by atoms with Crippen molar-refractivity contribution >= 4 is 21.6 Å². The van der Waals surface area contributed by atoms with Gasteiger partial charge in [-0.25, -0.2) is 0 Å². The average molecular weight is 503 g/mol. The molecule has 190 valence electrons. The lowest BCUT2D eigenvalue weighted by atomic mass is 9.79. The molecule has 0 aliphatic rings. The van der Waals surface area contributed by atoms with E-state index in [-0.39, 0.29) is 10.8 Å². The number of benzene rings is 2. The summed E-state index contributed by atoms with van der Waals surface area (Å²) >= 11 is 0. The molecular weight excluding hydrogens is 452 g/mol. The first-order chi connectivity index (χ1) is 16.0. The van der Waals surface area contributed by atoms with Gasteiger partial charge in [0.2, 0.25) is 0 Å². The zero-order chi connectivity index (χ0) is 25.2. The number of quaternary nitrogens is 2. The van der Waals surface area contributed by atoms with Gasteiger partial charge in [0.1, 0.15) is 13.1 Å². The Hall–Kier alpha value is -0.940. The van der Waals surface area contributed by atoms with Gasteiger partial charge >= 0.3 is 0 Å². The predicted molar refractivity (Wildman–Crippen MR) is 155 cm³/mol. The summed E-state index contributed by atoms with van der Waals surface area (Å²) in [4.78, 5) is 0. The molecule has 0 saturated carbocycles. The monoisotopic (exact) mass is 502 g/mol. The molecular formula is C30H50N2S2+2. The number of rotatable bonds is 13. The maximum absolute atomic E-state index is 2.47. The molecule has 0 aliphatic heterocycles. The summed E-state index contributed by atoms with van der Waals surface area (Å²) in [6, 6.07) is 14.4. The first kappa shape index (κ1) is 29.3. The van der Waals surface area contributed by atoms with Crippen molar-refractivity contribution in [3.05, 3.63) is 69.8 Å². The molecule has 0 bridgehead atoms. The minimum Gasteiger partial charge on any atom is -0.342 e. The van der Waals surface area contributed by atoms with Gasteiger partial charge in [-0.15, -0.1) is 0 Å². The van der Waals surface area contributed by atoms with Crippen LogP contribution in [0.4, 0.5) is 0 Å². The number of hydrogen-bond acceptors (Lipinski definition) is 2. The maximum Gasteiger partial charge on any atom is 0.101 e. The van der Waals surface area contributed by atoms with E-state index in [0.717, 1.165) is 25.9 Å². The van der Waals surface area contributed by atoms with E-state index in [1.54, 1.807) is 0 Å². The van der Waals surface area contributed by atoms with Crippen LogP contribution in [0.5, 0.6) is 0 Å². The van der Waals surface area contributed by atoms with Crippen LogP contribution in [0.2, 0.25) is 0 Å². The lowest BCUT2D eigenvalue weighted by Crippen LogP contribution is -2.83. The molecule has 0 saturated heterocycles. The highest BCUT2D eigenvalue weighted by Crippen LogP contribution is 2.30. The van der Waals surface area contributed by atoms with E-state index in [0.29, 0.717) is 0 Å². The molecule has 0 unspecified atom stereocenters. The van der Waals surface area contributed by atoms with Crippen LogP contribution in [0.15, 0.2) is 36.4 Å². The van der Waals surface area contributed by atoms with Gasteiger partial charge in [-0.05, 0) is 58.1 Å². The van der Waals surface area contributed by atoms with Gasteiger partial charge in [0.25, 0.3) is 0 Å². The fraction of sp³-hybridized carbons (Fsp3) is 0.600. The molecule has 0 fully saturated rings. The van der Waals surface area contributed by atoms with Gasteiger partial charge in [-0.2, -0.15) is 0 Å². The smallest absolute Gasteiger partial charge is 0.101 e. The Bertz CT molecular complexity index is 824. The number of hydrogen-bond donors (Lipinski definition) is 2. The van der Waals surface area contributed by atoms with Gasteiger partial charge in [0.15, 0.2) is 0 Å². The average Bonchev–Trinajstić information content (AvgIpc) is 2.78. The van der Waals surface area contributed by atoms with E-state index in [1.807, 2.05) is 21.6 Å². The minimum atomic E-state index is 0.191. The lowest BCUT2D eigenvalue weighted by Gasteiger charge is -2.26. The molecule has 0 aliphatic carbocycles. The molecule has 2 rings (SSSR count). The Labute approximate surface area is 218 Å². The highest BCUT2D eigenvalue weighted by atomic mass is 33.1. The van der Waals surface area contributed by atoms with E-state index >= 15 is 0 Å². The standard InChI is InChI=1S/C30H48N2S2/c1-9-23-15-24(10-2)17-25(16-23)21-31-11-13-33-34-14-12-32-22-26-18-27(29(3,4)5)20-28(19-26)30(6,7)8/h15-20,31-32H,9-14,21-22H2,1-8H3/p+2. The summed E-state index contributed by atoms with van der Waals surface area (Å²) in [5.41, 5.74) is 9.19. The topological polar surface area (TPSA) is 33.2 Å². The molecule has 0 radical (unpaired) electrons. The van der Waals surface area contributed by atoms with Crippen LogP contribution in [0, 0.1) is 0 Å². The van der Waals surface area contributed by atoms with Crippen molar-refractivity contribution in [3.63, 3.8) is 0 Å². The van der Waals surface area contributed by atoms with Crippen LogP contribution in [0.25, 0.3) is 0 Å². The molecule has 0 heterocycles. The minimum absolute atomic E-state index is 0.191. The summed E-state index contributed by atoms with van der Waals surface area (Å²) in [7, 11) is 4.05. The van der Waals surface area contributed by atoms with E-state index in [1.165, 1.54) is 58.0 Å². The first-order valence-corrected chi connectivity index (χ1v) is 15.7. The van der Waals surface area contributed by atoms with Gasteiger partial charge < -0.3 is 10.6 Å². The number of aryl methyl sites for hydroxylation is 2. The van der Waals surface area contributed by atoms with E-state index in [2.05, 4.69) is 102 Å². The Kier molecular flexibility index (Phi) is 12.0. The summed E-state index contributed by atoms with van der Waals surface area (Å²) in [6.07, 6.45) is 2.26. The highest BCUT2D eigenvalue weighted by molar-refractivity contribution is 8.76. The van der Waals surface area contributed by atoms with Gasteiger partial charge in [-0.1, -0.05) is 101 Å². The third-order valence-corrected chi connectivity index (χ3v) is 8.78. The molecule has 2 aromatic carbocycles. The van der Waals surface area contributed by atoms with Gasteiger partial charge in [-0.3, -0.25) is 0 Å². The van der Waals surface area contributed by atoms with Crippen LogP contribution in [-0.2, 0) is 36.8 Å². The zero-order valence-corrected chi connectivity index (χ0v) is 24.7. The Morgan fingerprint density at radius 3 is 1.32 bits per heavy atom. The lowest BCUT2D eigenvalue weighted by molar-refractivity contribution is -0.666. The third kappa shape index (κ3) is 10.4. The predicted octanol–water partition coefficient (Wildman–Crippen LogP) is 5.61. The van der Waals surface area contributed by atoms with Crippen molar-refractivity contribution in [2.24, 2.45) is 0 Å². The van der Waals surface area contributed by atoms with Crippen LogP contribution >= 0.6 is 21.6 Å².